The molecule has 24 heavy (non-hydrogen) atoms. The van der Waals surface area contributed by atoms with E-state index in [9.17, 15) is 4.39 Å². The second-order valence-electron chi connectivity index (χ2n) is 5.16. The number of para-hydroxylation sites is 2. The third kappa shape index (κ3) is 2.90. The van der Waals surface area contributed by atoms with Gasteiger partial charge in [0.25, 0.3) is 5.22 Å². The van der Waals surface area contributed by atoms with Gasteiger partial charge in [-0.1, -0.05) is 23.9 Å². The van der Waals surface area contributed by atoms with E-state index in [0.29, 0.717) is 22.6 Å². The Bertz CT molecular complexity index is 948. The van der Waals surface area contributed by atoms with Gasteiger partial charge < -0.3 is 8.83 Å². The lowest BCUT2D eigenvalue weighted by molar-refractivity contribution is 0.481. The molecule has 0 aliphatic heterocycles. The Kier molecular flexibility index (Phi) is 3.78. The predicted octanol–water partition coefficient (Wildman–Crippen LogP) is 4.87. The fourth-order valence-corrected chi connectivity index (χ4v) is 3.00. The number of hydrogen-bond donors (Lipinski definition) is 0. The molecule has 0 unspecified atom stereocenters. The molecule has 0 aliphatic carbocycles. The van der Waals surface area contributed by atoms with Crippen LogP contribution in [0, 0.1) is 5.82 Å². The van der Waals surface area contributed by atoms with Crippen molar-refractivity contribution in [3.8, 4) is 11.5 Å². The number of benzene rings is 2. The lowest BCUT2D eigenvalue weighted by Crippen LogP contribution is -1.88. The van der Waals surface area contributed by atoms with E-state index in [0.717, 1.165) is 11.1 Å². The van der Waals surface area contributed by atoms with Gasteiger partial charge in [-0.3, -0.25) is 0 Å². The molecule has 7 heteroatoms. The molecule has 2 heterocycles. The molecule has 5 nitrogen and oxygen atoms in total. The molecule has 0 amide bonds. The summed E-state index contributed by atoms with van der Waals surface area (Å²) in [5, 5.41) is 8.50. The lowest BCUT2D eigenvalue weighted by atomic mass is 10.2. The van der Waals surface area contributed by atoms with Crippen molar-refractivity contribution in [2.75, 3.05) is 0 Å². The van der Waals surface area contributed by atoms with E-state index < -0.39 is 0 Å². The minimum Gasteiger partial charge on any atom is -0.431 e. The molecule has 0 fully saturated rings. The van der Waals surface area contributed by atoms with Crippen LogP contribution in [-0.4, -0.2) is 15.2 Å². The van der Waals surface area contributed by atoms with Gasteiger partial charge in [0.05, 0.1) is 5.25 Å². The fourth-order valence-electron chi connectivity index (χ4n) is 2.21. The zero-order valence-corrected chi connectivity index (χ0v) is 13.5. The van der Waals surface area contributed by atoms with Crippen molar-refractivity contribution in [1.82, 2.24) is 15.2 Å². The van der Waals surface area contributed by atoms with Crippen LogP contribution in [0.25, 0.3) is 22.6 Å². The molecule has 0 radical (unpaired) electrons. The first kappa shape index (κ1) is 14.9. The van der Waals surface area contributed by atoms with Crippen LogP contribution in [0.3, 0.4) is 0 Å². The molecule has 0 N–H and O–H groups in total. The Labute approximate surface area is 140 Å². The Hall–Kier alpha value is -2.67. The van der Waals surface area contributed by atoms with Gasteiger partial charge in [-0.05, 0) is 43.3 Å². The third-order valence-electron chi connectivity index (χ3n) is 3.43. The van der Waals surface area contributed by atoms with Crippen molar-refractivity contribution in [3.63, 3.8) is 0 Å². The van der Waals surface area contributed by atoms with E-state index in [1.54, 1.807) is 12.1 Å². The molecule has 4 rings (SSSR count). The second-order valence-corrected chi connectivity index (χ2v) is 6.45. The average Bonchev–Trinajstić information content (AvgIpc) is 3.21. The van der Waals surface area contributed by atoms with Crippen LogP contribution in [0.15, 0.2) is 62.6 Å². The summed E-state index contributed by atoms with van der Waals surface area (Å²) in [5.41, 5.74) is 2.23. The maximum atomic E-state index is 13.0. The maximum Gasteiger partial charge on any atom is 0.257 e. The zero-order valence-electron chi connectivity index (χ0n) is 12.6. The molecule has 0 bridgehead atoms. The van der Waals surface area contributed by atoms with Gasteiger partial charge in [0, 0.05) is 5.56 Å². The van der Waals surface area contributed by atoms with Crippen LogP contribution in [0.1, 0.15) is 18.1 Å². The summed E-state index contributed by atoms with van der Waals surface area (Å²) in [7, 11) is 0. The van der Waals surface area contributed by atoms with Gasteiger partial charge in [0.1, 0.15) is 11.3 Å². The molecular weight excluding hydrogens is 329 g/mol. The number of oxazole rings is 1. The summed E-state index contributed by atoms with van der Waals surface area (Å²) in [5.74, 6) is 0.509. The van der Waals surface area contributed by atoms with Crippen LogP contribution in [0.2, 0.25) is 0 Å². The van der Waals surface area contributed by atoms with Crippen LogP contribution in [0.4, 0.5) is 4.39 Å². The zero-order chi connectivity index (χ0) is 16.5. The van der Waals surface area contributed by atoms with Gasteiger partial charge in [0.2, 0.25) is 11.8 Å². The van der Waals surface area contributed by atoms with Gasteiger partial charge >= 0.3 is 0 Å². The number of hydrogen-bond acceptors (Lipinski definition) is 6. The molecular formula is C17H12FN3O2S. The third-order valence-corrected chi connectivity index (χ3v) is 4.36. The van der Waals surface area contributed by atoms with E-state index in [2.05, 4.69) is 15.2 Å². The summed E-state index contributed by atoms with van der Waals surface area (Å²) in [6.45, 7) is 1.93. The molecule has 120 valence electrons. The number of fused-ring (bicyclic) bond motifs is 1. The van der Waals surface area contributed by atoms with Crippen LogP contribution >= 0.6 is 11.8 Å². The fraction of sp³-hybridized carbons (Fsp3) is 0.118. The van der Waals surface area contributed by atoms with Crippen molar-refractivity contribution in [3.05, 3.63) is 60.2 Å². The van der Waals surface area contributed by atoms with Gasteiger partial charge in [-0.25, -0.2) is 9.37 Å². The SMILES string of the molecule is C[C@H](Sc1nc2ccccc2o1)c1nnc(-c2ccc(F)cc2)o1. The van der Waals surface area contributed by atoms with E-state index in [1.165, 1.54) is 23.9 Å². The van der Waals surface area contributed by atoms with Crippen molar-refractivity contribution in [2.24, 2.45) is 0 Å². The Morgan fingerprint density at radius 2 is 1.79 bits per heavy atom. The van der Waals surface area contributed by atoms with Crippen LogP contribution < -0.4 is 0 Å². The predicted molar refractivity (Wildman–Crippen MR) is 88.0 cm³/mol. The molecule has 1 atom stereocenters. The molecule has 0 saturated carbocycles. The topological polar surface area (TPSA) is 65.0 Å². The van der Waals surface area contributed by atoms with Crippen molar-refractivity contribution in [1.29, 1.82) is 0 Å². The monoisotopic (exact) mass is 341 g/mol. The van der Waals surface area contributed by atoms with Gasteiger partial charge in [-0.2, -0.15) is 0 Å². The van der Waals surface area contributed by atoms with Crippen LogP contribution in [0.5, 0.6) is 0 Å². The number of rotatable bonds is 4. The second kappa shape index (κ2) is 6.09. The quantitative estimate of drug-likeness (QED) is 0.493. The summed E-state index contributed by atoms with van der Waals surface area (Å²) >= 11 is 1.40. The normalized spacial score (nSPS) is 12.6. The van der Waals surface area contributed by atoms with Crippen molar-refractivity contribution in [2.45, 2.75) is 17.4 Å². The van der Waals surface area contributed by atoms with E-state index in [4.69, 9.17) is 8.83 Å². The number of aromatic nitrogens is 3. The first-order chi connectivity index (χ1) is 11.7. The van der Waals surface area contributed by atoms with Crippen molar-refractivity contribution >= 4 is 22.9 Å². The van der Waals surface area contributed by atoms with E-state index in [1.807, 2.05) is 31.2 Å². The highest BCUT2D eigenvalue weighted by atomic mass is 32.2. The average molecular weight is 341 g/mol. The largest absolute Gasteiger partial charge is 0.431 e. The number of thioether (sulfide) groups is 1. The van der Waals surface area contributed by atoms with E-state index >= 15 is 0 Å². The highest BCUT2D eigenvalue weighted by Crippen LogP contribution is 2.35. The molecule has 0 saturated heterocycles. The number of nitrogens with zero attached hydrogens (tertiary/aromatic N) is 3. The van der Waals surface area contributed by atoms with E-state index in [-0.39, 0.29) is 11.1 Å². The summed E-state index contributed by atoms with van der Waals surface area (Å²) in [6.07, 6.45) is 0. The molecule has 0 spiro atoms. The number of halogens is 1. The summed E-state index contributed by atoms with van der Waals surface area (Å²) < 4.78 is 24.3. The Morgan fingerprint density at radius 3 is 2.58 bits per heavy atom. The van der Waals surface area contributed by atoms with Crippen LogP contribution in [-0.2, 0) is 0 Å². The Balaban J connectivity index is 1.54. The maximum absolute atomic E-state index is 13.0. The highest BCUT2D eigenvalue weighted by molar-refractivity contribution is 7.99. The smallest absolute Gasteiger partial charge is 0.257 e. The Morgan fingerprint density at radius 1 is 1.00 bits per heavy atom. The summed E-state index contributed by atoms with van der Waals surface area (Å²) in [6, 6.07) is 13.5. The molecule has 4 aromatic rings. The first-order valence-corrected chi connectivity index (χ1v) is 8.18. The van der Waals surface area contributed by atoms with Crippen molar-refractivity contribution < 1.29 is 13.2 Å². The molecule has 2 aromatic heterocycles. The first-order valence-electron chi connectivity index (χ1n) is 7.30. The summed E-state index contributed by atoms with van der Waals surface area (Å²) in [4.78, 5) is 4.42. The van der Waals surface area contributed by atoms with Gasteiger partial charge in [0.15, 0.2) is 5.58 Å². The van der Waals surface area contributed by atoms with Gasteiger partial charge in [-0.15, -0.1) is 10.2 Å². The standard InChI is InChI=1S/C17H12FN3O2S/c1-10(24-17-19-13-4-2-3-5-14(13)22-17)15-20-21-16(23-15)11-6-8-12(18)9-7-11/h2-10H,1H3/t10-/m0/s1. The highest BCUT2D eigenvalue weighted by Gasteiger charge is 2.19. The minimum absolute atomic E-state index is 0.125. The molecule has 2 aromatic carbocycles. The minimum atomic E-state index is -0.307. The lowest BCUT2D eigenvalue weighted by Gasteiger charge is -2.01. The molecule has 0 aliphatic rings.